The molecule has 0 aliphatic carbocycles. The molecule has 0 fully saturated rings. The predicted octanol–water partition coefficient (Wildman–Crippen LogP) is -1.79. The normalized spacial score (nSPS) is 17.2. The summed E-state index contributed by atoms with van der Waals surface area (Å²) < 4.78 is 13.8. The van der Waals surface area contributed by atoms with Crippen molar-refractivity contribution in [2.45, 2.75) is 38.3 Å². The largest absolute Gasteiger partial charge is 0.464 e. The van der Waals surface area contributed by atoms with Gasteiger partial charge in [0, 0.05) is 7.11 Å². The Morgan fingerprint density at radius 2 is 1.37 bits per heavy atom. The molecule has 112 valence electrons. The summed E-state index contributed by atoms with van der Waals surface area (Å²) in [7, 11) is 1.11. The third kappa shape index (κ3) is 5.11. The van der Waals surface area contributed by atoms with Crippen molar-refractivity contribution in [3.63, 3.8) is 0 Å². The Kier molecular flexibility index (Phi) is 8.24. The smallest absolute Gasteiger partial charge is 0.337 e. The maximum Gasteiger partial charge on any atom is 0.337 e. The molecule has 0 saturated heterocycles. The van der Waals surface area contributed by atoms with E-state index < -0.39 is 36.4 Å². The molecule has 8 heteroatoms. The fourth-order valence-corrected chi connectivity index (χ4v) is 1.36. The highest BCUT2D eigenvalue weighted by Crippen LogP contribution is 2.11. The molecule has 8 nitrogen and oxygen atoms in total. The summed E-state index contributed by atoms with van der Waals surface area (Å²) in [6, 6.07) is 0. The summed E-state index contributed by atoms with van der Waals surface area (Å²) in [6.45, 7) is 3.11. The van der Waals surface area contributed by atoms with Crippen molar-refractivity contribution >= 4 is 11.9 Å². The van der Waals surface area contributed by atoms with Crippen molar-refractivity contribution in [3.8, 4) is 0 Å². The number of hydrogen-bond acceptors (Lipinski definition) is 8. The second-order valence-corrected chi connectivity index (χ2v) is 3.58. The number of ether oxygens (including phenoxy) is 3. The molecule has 0 amide bonds. The van der Waals surface area contributed by atoms with E-state index in [9.17, 15) is 24.9 Å². The molecular formula is C11H20O8. The minimum Gasteiger partial charge on any atom is -0.464 e. The predicted molar refractivity (Wildman–Crippen MR) is 62.1 cm³/mol. The van der Waals surface area contributed by atoms with Crippen LogP contribution >= 0.6 is 0 Å². The number of aliphatic hydroxyl groups excluding tert-OH is 3. The first-order valence-corrected chi connectivity index (χ1v) is 5.80. The van der Waals surface area contributed by atoms with Crippen molar-refractivity contribution < 1.29 is 39.1 Å². The van der Waals surface area contributed by atoms with Crippen molar-refractivity contribution in [1.29, 1.82) is 0 Å². The van der Waals surface area contributed by atoms with Crippen molar-refractivity contribution in [3.05, 3.63) is 0 Å². The quantitative estimate of drug-likeness (QED) is 0.446. The first kappa shape index (κ1) is 17.8. The monoisotopic (exact) mass is 280 g/mol. The van der Waals surface area contributed by atoms with E-state index in [1.54, 1.807) is 0 Å². The Morgan fingerprint density at radius 1 is 0.947 bits per heavy atom. The molecule has 4 atom stereocenters. The summed E-state index contributed by atoms with van der Waals surface area (Å²) in [5.74, 6) is -2.10. The summed E-state index contributed by atoms with van der Waals surface area (Å²) in [4.78, 5) is 22.5. The van der Waals surface area contributed by atoms with Crippen LogP contribution in [0.5, 0.6) is 0 Å². The van der Waals surface area contributed by atoms with E-state index in [0.717, 1.165) is 7.11 Å². The number of aliphatic hydroxyl groups is 3. The fraction of sp³-hybridized carbons (Fsp3) is 0.818. The Balaban J connectivity index is 4.74. The maximum atomic E-state index is 11.3. The number of rotatable bonds is 8. The van der Waals surface area contributed by atoms with Crippen LogP contribution in [0.25, 0.3) is 0 Å². The van der Waals surface area contributed by atoms with Gasteiger partial charge in [-0.05, 0) is 13.8 Å². The van der Waals surface area contributed by atoms with Gasteiger partial charge in [0.05, 0.1) is 13.2 Å². The van der Waals surface area contributed by atoms with Crippen LogP contribution in [0.1, 0.15) is 13.8 Å². The lowest BCUT2D eigenvalue weighted by Gasteiger charge is -2.27. The molecule has 0 unspecified atom stereocenters. The Morgan fingerprint density at radius 3 is 1.74 bits per heavy atom. The van der Waals surface area contributed by atoms with Crippen LogP contribution in [0.2, 0.25) is 0 Å². The molecule has 0 spiro atoms. The SMILES string of the molecule is CCOC(=O)[C@@H](O)[C@@H](O)[C@H](OC)[C@@H](O)C(=O)OCC. The van der Waals surface area contributed by atoms with E-state index in [4.69, 9.17) is 4.74 Å². The molecule has 3 N–H and O–H groups in total. The van der Waals surface area contributed by atoms with Gasteiger partial charge in [-0.1, -0.05) is 0 Å². The third-order valence-corrected chi connectivity index (χ3v) is 2.30. The van der Waals surface area contributed by atoms with Gasteiger partial charge in [-0.15, -0.1) is 0 Å². The van der Waals surface area contributed by atoms with Gasteiger partial charge in [-0.2, -0.15) is 0 Å². The van der Waals surface area contributed by atoms with Crippen molar-refractivity contribution in [2.75, 3.05) is 20.3 Å². The van der Waals surface area contributed by atoms with E-state index in [-0.39, 0.29) is 13.2 Å². The zero-order valence-corrected chi connectivity index (χ0v) is 11.1. The van der Waals surface area contributed by atoms with Crippen LogP contribution in [-0.2, 0) is 23.8 Å². The second kappa shape index (κ2) is 8.81. The highest BCUT2D eigenvalue weighted by molar-refractivity contribution is 5.77. The fourth-order valence-electron chi connectivity index (χ4n) is 1.36. The molecule has 0 aromatic heterocycles. The zero-order chi connectivity index (χ0) is 15.0. The van der Waals surface area contributed by atoms with E-state index in [1.807, 2.05) is 0 Å². The molecule has 0 aromatic carbocycles. The van der Waals surface area contributed by atoms with Gasteiger partial charge in [0.15, 0.2) is 12.2 Å². The standard InChI is InChI=1S/C11H20O8/c1-4-18-10(15)7(13)6(12)9(17-3)8(14)11(16)19-5-2/h6-9,12-14H,4-5H2,1-3H3/t6-,7+,8-,9+/m1/s1. The average Bonchev–Trinajstić information content (AvgIpc) is 2.38. The average molecular weight is 280 g/mol. The molecule has 19 heavy (non-hydrogen) atoms. The summed E-state index contributed by atoms with van der Waals surface area (Å²) in [5.41, 5.74) is 0. The lowest BCUT2D eigenvalue weighted by atomic mass is 10.0. The first-order valence-electron chi connectivity index (χ1n) is 5.80. The topological polar surface area (TPSA) is 123 Å². The van der Waals surface area contributed by atoms with Gasteiger partial charge in [-0.25, -0.2) is 9.59 Å². The minimum absolute atomic E-state index is 0.0146. The van der Waals surface area contributed by atoms with Gasteiger partial charge in [-0.3, -0.25) is 0 Å². The summed E-state index contributed by atoms with van der Waals surface area (Å²) in [6.07, 6.45) is -7.11. The van der Waals surface area contributed by atoms with E-state index in [2.05, 4.69) is 9.47 Å². The molecule has 0 saturated carbocycles. The van der Waals surface area contributed by atoms with Gasteiger partial charge >= 0.3 is 11.9 Å². The van der Waals surface area contributed by atoms with Crippen LogP contribution in [0.15, 0.2) is 0 Å². The van der Waals surface area contributed by atoms with E-state index in [1.165, 1.54) is 13.8 Å². The first-order chi connectivity index (χ1) is 8.90. The highest BCUT2D eigenvalue weighted by atomic mass is 16.6. The molecule has 0 radical (unpaired) electrons. The summed E-state index contributed by atoms with van der Waals surface area (Å²) >= 11 is 0. The molecule has 0 aromatic rings. The van der Waals surface area contributed by atoms with E-state index in [0.29, 0.717) is 0 Å². The van der Waals surface area contributed by atoms with Crippen LogP contribution in [-0.4, -0.2) is 72.0 Å². The Labute approximate surface area is 110 Å². The molecule has 0 bridgehead atoms. The number of methoxy groups -OCH3 is 1. The minimum atomic E-state index is -1.94. The molecular weight excluding hydrogens is 260 g/mol. The molecule has 0 aliphatic rings. The highest BCUT2D eigenvalue weighted by Gasteiger charge is 2.40. The lowest BCUT2D eigenvalue weighted by molar-refractivity contribution is -0.181. The maximum absolute atomic E-state index is 11.3. The van der Waals surface area contributed by atoms with Crippen LogP contribution in [0, 0.1) is 0 Å². The Bertz CT molecular complexity index is 292. The van der Waals surface area contributed by atoms with Gasteiger partial charge < -0.3 is 29.5 Å². The zero-order valence-electron chi connectivity index (χ0n) is 11.1. The number of carbonyl (C=O) groups is 2. The number of carbonyl (C=O) groups excluding carboxylic acids is 2. The van der Waals surface area contributed by atoms with Crippen molar-refractivity contribution in [2.24, 2.45) is 0 Å². The number of hydrogen-bond donors (Lipinski definition) is 3. The van der Waals surface area contributed by atoms with Gasteiger partial charge in [0.25, 0.3) is 0 Å². The van der Waals surface area contributed by atoms with E-state index >= 15 is 0 Å². The van der Waals surface area contributed by atoms with Gasteiger partial charge in [0.2, 0.25) is 0 Å². The number of esters is 2. The summed E-state index contributed by atoms with van der Waals surface area (Å²) in [5, 5.41) is 28.8. The molecule has 0 heterocycles. The van der Waals surface area contributed by atoms with Gasteiger partial charge in [0.1, 0.15) is 12.2 Å². The van der Waals surface area contributed by atoms with Crippen LogP contribution < -0.4 is 0 Å². The van der Waals surface area contributed by atoms with Crippen molar-refractivity contribution in [1.82, 2.24) is 0 Å². The third-order valence-electron chi connectivity index (χ3n) is 2.30. The Hall–Kier alpha value is -1.22. The molecule has 0 rings (SSSR count). The van der Waals surface area contributed by atoms with Crippen LogP contribution in [0.4, 0.5) is 0 Å². The second-order valence-electron chi connectivity index (χ2n) is 3.58. The lowest BCUT2D eigenvalue weighted by Crippen LogP contribution is -2.51. The van der Waals surface area contributed by atoms with Crippen LogP contribution in [0.3, 0.4) is 0 Å². The molecule has 0 aliphatic heterocycles.